The zero-order valence-electron chi connectivity index (χ0n) is 18.0. The van der Waals surface area contributed by atoms with Crippen molar-refractivity contribution in [3.05, 3.63) is 0 Å². The van der Waals surface area contributed by atoms with E-state index in [1.165, 1.54) is 25.9 Å². The number of piperidine rings is 1. The maximum atomic E-state index is 12.4. The number of ether oxygens (including phenoxy) is 2. The molecular formula is C21H33F3N2O5. The Balaban J connectivity index is 0.000000339. The molecule has 1 saturated carbocycles. The SMILES string of the molecule is CN1CCC(COC[C@@H]2CC[C@H]3[C@H](CCN3C(=O)C3CC3)O2)CC1.O=C(O)C(F)(F)F. The van der Waals surface area contributed by atoms with E-state index >= 15 is 0 Å². The van der Waals surface area contributed by atoms with Crippen LogP contribution in [0.5, 0.6) is 0 Å². The highest BCUT2D eigenvalue weighted by molar-refractivity contribution is 5.81. The monoisotopic (exact) mass is 450 g/mol. The van der Waals surface area contributed by atoms with Crippen molar-refractivity contribution in [3.63, 3.8) is 0 Å². The number of rotatable bonds is 5. The Bertz CT molecular complexity index is 621. The molecule has 3 aliphatic heterocycles. The van der Waals surface area contributed by atoms with Crippen molar-refractivity contribution in [1.82, 2.24) is 9.80 Å². The first-order chi connectivity index (χ1) is 14.6. The van der Waals surface area contributed by atoms with Gasteiger partial charge in [-0.2, -0.15) is 13.2 Å². The first-order valence-electron chi connectivity index (χ1n) is 11.2. The fourth-order valence-corrected chi connectivity index (χ4v) is 4.55. The van der Waals surface area contributed by atoms with Crippen LogP contribution in [0, 0.1) is 11.8 Å². The van der Waals surface area contributed by atoms with Gasteiger partial charge < -0.3 is 24.4 Å². The molecule has 1 N–H and O–H groups in total. The van der Waals surface area contributed by atoms with Crippen LogP contribution in [0.4, 0.5) is 13.2 Å². The number of alkyl halides is 3. The molecule has 4 fully saturated rings. The van der Waals surface area contributed by atoms with Gasteiger partial charge in [-0.1, -0.05) is 0 Å². The number of carbonyl (C=O) groups is 2. The summed E-state index contributed by atoms with van der Waals surface area (Å²) in [5.74, 6) is -1.31. The zero-order valence-corrected chi connectivity index (χ0v) is 18.0. The highest BCUT2D eigenvalue weighted by Crippen LogP contribution is 2.37. The minimum atomic E-state index is -5.08. The van der Waals surface area contributed by atoms with Gasteiger partial charge in [0.15, 0.2) is 0 Å². The van der Waals surface area contributed by atoms with Gasteiger partial charge in [0.2, 0.25) is 5.91 Å². The Morgan fingerprint density at radius 2 is 1.65 bits per heavy atom. The third-order valence-electron chi connectivity index (χ3n) is 6.58. The summed E-state index contributed by atoms with van der Waals surface area (Å²) in [5.41, 5.74) is 0. The van der Waals surface area contributed by atoms with Crippen LogP contribution < -0.4 is 0 Å². The van der Waals surface area contributed by atoms with Gasteiger partial charge >= 0.3 is 12.1 Å². The van der Waals surface area contributed by atoms with Crippen LogP contribution in [0.15, 0.2) is 0 Å². The molecule has 10 heteroatoms. The third kappa shape index (κ3) is 7.05. The molecule has 0 unspecified atom stereocenters. The number of carboxylic acid groups (broad SMARTS) is 1. The normalized spacial score (nSPS) is 29.8. The summed E-state index contributed by atoms with van der Waals surface area (Å²) in [5, 5.41) is 7.12. The first kappa shape index (κ1) is 24.3. The summed E-state index contributed by atoms with van der Waals surface area (Å²) < 4.78 is 44.0. The lowest BCUT2D eigenvalue weighted by Gasteiger charge is -2.36. The smallest absolute Gasteiger partial charge is 0.475 e. The number of amides is 1. The van der Waals surface area contributed by atoms with Crippen LogP contribution in [0.1, 0.15) is 44.9 Å². The second-order valence-electron chi connectivity index (χ2n) is 9.12. The number of carbonyl (C=O) groups excluding carboxylic acids is 1. The number of aliphatic carboxylic acids is 1. The highest BCUT2D eigenvalue weighted by atomic mass is 19.4. The summed E-state index contributed by atoms with van der Waals surface area (Å²) in [6.07, 6.45) is 3.23. The van der Waals surface area contributed by atoms with Crippen LogP contribution >= 0.6 is 0 Å². The van der Waals surface area contributed by atoms with Crippen molar-refractivity contribution >= 4 is 11.9 Å². The molecular weight excluding hydrogens is 417 g/mol. The van der Waals surface area contributed by atoms with E-state index in [0.29, 0.717) is 17.9 Å². The van der Waals surface area contributed by atoms with Crippen molar-refractivity contribution in [2.24, 2.45) is 11.8 Å². The van der Waals surface area contributed by atoms with Crippen molar-refractivity contribution in [2.75, 3.05) is 39.9 Å². The molecule has 31 heavy (non-hydrogen) atoms. The van der Waals surface area contributed by atoms with E-state index < -0.39 is 12.1 Å². The maximum Gasteiger partial charge on any atom is 0.490 e. The van der Waals surface area contributed by atoms with Crippen LogP contribution in [0.25, 0.3) is 0 Å². The Morgan fingerprint density at radius 3 is 2.23 bits per heavy atom. The predicted octanol–water partition coefficient (Wildman–Crippen LogP) is 2.54. The van der Waals surface area contributed by atoms with E-state index in [0.717, 1.165) is 57.8 Å². The molecule has 3 saturated heterocycles. The number of carboxylic acids is 1. The highest BCUT2D eigenvalue weighted by Gasteiger charge is 2.45. The molecule has 3 atom stereocenters. The standard InChI is InChI=1S/C19H32N2O3.C2HF3O2/c1-20-9-6-14(7-10-20)12-23-13-16-4-5-17-18(24-16)8-11-21(17)19(22)15-2-3-15;3-2(4,5)1(6)7/h14-18H,2-13H2,1H3;(H,6,7)/t16-,17-,18-;/m0./s1. The summed E-state index contributed by atoms with van der Waals surface area (Å²) in [6, 6.07) is 0.336. The van der Waals surface area contributed by atoms with E-state index in [2.05, 4.69) is 16.8 Å². The molecule has 0 bridgehead atoms. The molecule has 0 aromatic rings. The van der Waals surface area contributed by atoms with Gasteiger partial charge in [0.05, 0.1) is 24.9 Å². The van der Waals surface area contributed by atoms with Gasteiger partial charge in [-0.15, -0.1) is 0 Å². The van der Waals surface area contributed by atoms with E-state index in [1.807, 2.05) is 0 Å². The molecule has 178 valence electrons. The summed E-state index contributed by atoms with van der Waals surface area (Å²) in [7, 11) is 2.20. The fourth-order valence-electron chi connectivity index (χ4n) is 4.55. The lowest BCUT2D eigenvalue weighted by molar-refractivity contribution is -0.192. The van der Waals surface area contributed by atoms with Gasteiger partial charge in [0.1, 0.15) is 0 Å². The van der Waals surface area contributed by atoms with Crippen LogP contribution in [0.2, 0.25) is 0 Å². The number of hydrogen-bond acceptors (Lipinski definition) is 5. The van der Waals surface area contributed by atoms with Crippen LogP contribution in [-0.2, 0) is 19.1 Å². The molecule has 0 radical (unpaired) electrons. The predicted molar refractivity (Wildman–Crippen MR) is 105 cm³/mol. The largest absolute Gasteiger partial charge is 0.490 e. The van der Waals surface area contributed by atoms with E-state index in [4.69, 9.17) is 19.4 Å². The Kier molecular flexibility index (Phi) is 8.20. The average Bonchev–Trinajstić information content (AvgIpc) is 3.48. The molecule has 3 heterocycles. The summed E-state index contributed by atoms with van der Waals surface area (Å²) >= 11 is 0. The van der Waals surface area contributed by atoms with Crippen molar-refractivity contribution in [3.8, 4) is 0 Å². The molecule has 1 aliphatic carbocycles. The number of likely N-dealkylation sites (tertiary alicyclic amines) is 2. The van der Waals surface area contributed by atoms with Gasteiger partial charge in [0.25, 0.3) is 0 Å². The van der Waals surface area contributed by atoms with Gasteiger partial charge in [-0.05, 0) is 71.0 Å². The zero-order chi connectivity index (χ0) is 22.6. The molecule has 4 rings (SSSR count). The van der Waals surface area contributed by atoms with Crippen LogP contribution in [0.3, 0.4) is 0 Å². The fraction of sp³-hybridized carbons (Fsp3) is 0.905. The van der Waals surface area contributed by atoms with Gasteiger partial charge in [0, 0.05) is 19.1 Å². The molecule has 1 amide bonds. The molecule has 7 nitrogen and oxygen atoms in total. The Morgan fingerprint density at radius 1 is 1.00 bits per heavy atom. The number of fused-ring (bicyclic) bond motifs is 1. The lowest BCUT2D eigenvalue weighted by atomic mass is 9.98. The third-order valence-corrected chi connectivity index (χ3v) is 6.58. The second-order valence-corrected chi connectivity index (χ2v) is 9.12. The quantitative estimate of drug-likeness (QED) is 0.694. The van der Waals surface area contributed by atoms with Gasteiger partial charge in [-0.3, -0.25) is 4.79 Å². The Labute approximate surface area is 180 Å². The van der Waals surface area contributed by atoms with Crippen molar-refractivity contribution in [2.45, 2.75) is 69.4 Å². The summed E-state index contributed by atoms with van der Waals surface area (Å²) in [4.78, 5) is 25.8. The topological polar surface area (TPSA) is 79.3 Å². The van der Waals surface area contributed by atoms with Crippen LogP contribution in [-0.4, -0.2) is 91.1 Å². The lowest BCUT2D eigenvalue weighted by Crippen LogP contribution is -2.46. The first-order valence-corrected chi connectivity index (χ1v) is 11.2. The van der Waals surface area contributed by atoms with Crippen molar-refractivity contribution < 1.29 is 37.3 Å². The molecule has 4 aliphatic rings. The second kappa shape index (κ2) is 10.5. The number of hydrogen-bond donors (Lipinski definition) is 1. The minimum Gasteiger partial charge on any atom is -0.475 e. The van der Waals surface area contributed by atoms with Gasteiger partial charge in [-0.25, -0.2) is 4.79 Å². The number of halogens is 3. The summed E-state index contributed by atoms with van der Waals surface area (Å²) in [6.45, 7) is 4.90. The minimum absolute atomic E-state index is 0.230. The van der Waals surface area contributed by atoms with E-state index in [9.17, 15) is 18.0 Å². The maximum absolute atomic E-state index is 12.4. The van der Waals surface area contributed by atoms with E-state index in [-0.39, 0.29) is 12.2 Å². The van der Waals surface area contributed by atoms with E-state index in [1.54, 1.807) is 0 Å². The Hall–Kier alpha value is -1.39. The molecule has 0 spiro atoms. The number of nitrogens with zero attached hydrogens (tertiary/aromatic N) is 2. The van der Waals surface area contributed by atoms with Crippen molar-refractivity contribution in [1.29, 1.82) is 0 Å². The molecule has 0 aromatic carbocycles. The average molecular weight is 450 g/mol. The molecule has 0 aromatic heterocycles.